The van der Waals surface area contributed by atoms with Gasteiger partial charge in [0.2, 0.25) is 0 Å². The highest BCUT2D eigenvalue weighted by Gasteiger charge is 2.16. The molecule has 0 bridgehead atoms. The van der Waals surface area contributed by atoms with Gasteiger partial charge in [0.15, 0.2) is 11.6 Å². The molecular weight excluding hydrogens is 259 g/mol. The Morgan fingerprint density at radius 1 is 1.44 bits per heavy atom. The number of aromatic nitrogens is 1. The van der Waals surface area contributed by atoms with E-state index in [0.29, 0.717) is 11.7 Å². The highest BCUT2D eigenvalue weighted by molar-refractivity contribution is 6.30. The smallest absolute Gasteiger partial charge is 0.277 e. The van der Waals surface area contributed by atoms with Crippen LogP contribution in [0.1, 0.15) is 22.1 Å². The Morgan fingerprint density at radius 2 is 2.17 bits per heavy atom. The van der Waals surface area contributed by atoms with Crippen molar-refractivity contribution < 1.29 is 13.6 Å². The summed E-state index contributed by atoms with van der Waals surface area (Å²) >= 11 is 5.62. The molecule has 0 saturated heterocycles. The summed E-state index contributed by atoms with van der Waals surface area (Å²) in [5, 5.41) is 2.68. The normalized spacial score (nSPS) is 10.4. The largest absolute Gasteiger partial charge is 0.445 e. The van der Waals surface area contributed by atoms with Gasteiger partial charge in [0.1, 0.15) is 11.6 Å². The molecule has 1 amide bonds. The zero-order valence-electron chi connectivity index (χ0n) is 9.75. The minimum absolute atomic E-state index is 0.0458. The first-order valence-electron chi connectivity index (χ1n) is 5.18. The lowest BCUT2D eigenvalue weighted by molar-refractivity contribution is 0.102. The minimum Gasteiger partial charge on any atom is -0.445 e. The topological polar surface area (TPSA) is 55.1 Å². The van der Waals surface area contributed by atoms with Gasteiger partial charge in [-0.3, -0.25) is 4.79 Å². The number of nitrogens with one attached hydrogen (secondary N) is 1. The molecule has 1 N–H and O–H groups in total. The third kappa shape index (κ3) is 2.51. The number of halogens is 2. The van der Waals surface area contributed by atoms with E-state index in [9.17, 15) is 9.18 Å². The monoisotopic (exact) mass is 268 g/mol. The molecule has 0 aliphatic heterocycles. The molecule has 6 heteroatoms. The molecule has 1 aromatic carbocycles. The lowest BCUT2D eigenvalue weighted by Gasteiger charge is -2.04. The van der Waals surface area contributed by atoms with E-state index in [-0.39, 0.29) is 16.4 Å². The van der Waals surface area contributed by atoms with Gasteiger partial charge in [-0.1, -0.05) is 11.6 Å². The van der Waals surface area contributed by atoms with Crippen molar-refractivity contribution in [2.75, 3.05) is 5.32 Å². The molecular formula is C12H10ClFN2O2. The molecule has 0 atom stereocenters. The summed E-state index contributed by atoms with van der Waals surface area (Å²) in [6.45, 7) is 3.25. The second-order valence-electron chi connectivity index (χ2n) is 3.72. The highest BCUT2D eigenvalue weighted by atomic mass is 35.5. The first kappa shape index (κ1) is 12.6. The number of hydrogen-bond donors (Lipinski definition) is 1. The Kier molecular flexibility index (Phi) is 3.34. The zero-order valence-corrected chi connectivity index (χ0v) is 10.5. The molecule has 0 spiro atoms. The number of benzene rings is 1. The number of anilines is 1. The molecule has 0 unspecified atom stereocenters. The number of nitrogens with zero attached hydrogens (tertiary/aromatic N) is 1. The van der Waals surface area contributed by atoms with Crippen LogP contribution in [0.2, 0.25) is 5.02 Å². The van der Waals surface area contributed by atoms with Gasteiger partial charge in [0, 0.05) is 11.9 Å². The van der Waals surface area contributed by atoms with Crippen molar-refractivity contribution in [1.82, 2.24) is 4.98 Å². The van der Waals surface area contributed by atoms with Crippen molar-refractivity contribution in [2.45, 2.75) is 13.8 Å². The molecule has 4 nitrogen and oxygen atoms in total. The molecule has 94 valence electrons. The molecule has 1 aromatic heterocycles. The number of rotatable bonds is 2. The third-order valence-electron chi connectivity index (χ3n) is 2.30. The fourth-order valence-electron chi connectivity index (χ4n) is 1.51. The van der Waals surface area contributed by atoms with Gasteiger partial charge < -0.3 is 9.73 Å². The van der Waals surface area contributed by atoms with Gasteiger partial charge in [0.25, 0.3) is 5.91 Å². The molecule has 0 aliphatic rings. The molecule has 18 heavy (non-hydrogen) atoms. The van der Waals surface area contributed by atoms with Crippen LogP contribution in [0.15, 0.2) is 22.6 Å². The van der Waals surface area contributed by atoms with Crippen LogP contribution >= 0.6 is 11.6 Å². The average molecular weight is 269 g/mol. The molecule has 0 saturated carbocycles. The number of carbonyl (C=O) groups is 1. The maximum Gasteiger partial charge on any atom is 0.277 e. The van der Waals surface area contributed by atoms with Crippen LogP contribution in [0, 0.1) is 19.7 Å². The van der Waals surface area contributed by atoms with Crippen molar-refractivity contribution in [3.05, 3.63) is 46.4 Å². The number of oxazole rings is 1. The quantitative estimate of drug-likeness (QED) is 0.909. The van der Waals surface area contributed by atoms with Gasteiger partial charge in [0.05, 0.1) is 5.69 Å². The summed E-state index contributed by atoms with van der Waals surface area (Å²) in [5.41, 5.74) is 0.186. The zero-order chi connectivity index (χ0) is 13.3. The Morgan fingerprint density at radius 3 is 2.72 bits per heavy atom. The second-order valence-corrected chi connectivity index (χ2v) is 4.15. The van der Waals surface area contributed by atoms with Crippen LogP contribution in [-0.4, -0.2) is 10.9 Å². The van der Waals surface area contributed by atoms with E-state index in [1.54, 1.807) is 13.8 Å². The average Bonchev–Trinajstić information content (AvgIpc) is 2.62. The van der Waals surface area contributed by atoms with Crippen molar-refractivity contribution in [1.29, 1.82) is 0 Å². The Balaban J connectivity index is 2.24. The molecule has 0 radical (unpaired) electrons. The van der Waals surface area contributed by atoms with Crippen molar-refractivity contribution in [3.63, 3.8) is 0 Å². The van der Waals surface area contributed by atoms with Gasteiger partial charge in [-0.05, 0) is 25.1 Å². The van der Waals surface area contributed by atoms with Crippen LogP contribution < -0.4 is 5.32 Å². The van der Waals surface area contributed by atoms with Crippen LogP contribution in [0.3, 0.4) is 0 Å². The Labute approximate surface area is 108 Å². The predicted octanol–water partition coefficient (Wildman–Crippen LogP) is 3.34. The van der Waals surface area contributed by atoms with Crippen LogP contribution in [0.25, 0.3) is 0 Å². The van der Waals surface area contributed by atoms with Gasteiger partial charge in [-0.15, -0.1) is 0 Å². The second kappa shape index (κ2) is 4.78. The van der Waals surface area contributed by atoms with Crippen LogP contribution in [0.4, 0.5) is 10.1 Å². The number of hydrogen-bond acceptors (Lipinski definition) is 3. The number of amides is 1. The fraction of sp³-hybridized carbons (Fsp3) is 0.167. The predicted molar refractivity (Wildman–Crippen MR) is 65.3 cm³/mol. The minimum atomic E-state index is -0.603. The third-order valence-corrected chi connectivity index (χ3v) is 2.53. The van der Waals surface area contributed by atoms with Crippen LogP contribution in [0.5, 0.6) is 0 Å². The van der Waals surface area contributed by atoms with Gasteiger partial charge >= 0.3 is 0 Å². The van der Waals surface area contributed by atoms with E-state index in [0.717, 1.165) is 6.07 Å². The molecule has 2 rings (SSSR count). The van der Waals surface area contributed by atoms with Crippen molar-refractivity contribution in [2.24, 2.45) is 0 Å². The summed E-state index contributed by atoms with van der Waals surface area (Å²) in [4.78, 5) is 15.8. The van der Waals surface area contributed by atoms with E-state index < -0.39 is 11.7 Å². The van der Waals surface area contributed by atoms with E-state index in [2.05, 4.69) is 10.3 Å². The molecule has 0 aliphatic carbocycles. The van der Waals surface area contributed by atoms with E-state index in [4.69, 9.17) is 16.0 Å². The fourth-order valence-corrected chi connectivity index (χ4v) is 1.67. The van der Waals surface area contributed by atoms with E-state index >= 15 is 0 Å². The van der Waals surface area contributed by atoms with Gasteiger partial charge in [-0.2, -0.15) is 0 Å². The first-order valence-corrected chi connectivity index (χ1v) is 5.55. The molecule has 2 aromatic rings. The lowest BCUT2D eigenvalue weighted by atomic mass is 10.3. The molecule has 1 heterocycles. The van der Waals surface area contributed by atoms with E-state index in [1.807, 2.05) is 0 Å². The van der Waals surface area contributed by atoms with Crippen molar-refractivity contribution >= 4 is 23.2 Å². The number of aryl methyl sites for hydroxylation is 2. The standard InChI is InChI=1S/C12H10ClFN2O2/c1-6-11(15-7(2)18-6)12(17)16-10-4-3-8(13)5-9(10)14/h3-5H,1-2H3,(H,16,17). The Hall–Kier alpha value is -1.88. The summed E-state index contributed by atoms with van der Waals surface area (Å²) in [6, 6.07) is 4.00. The van der Waals surface area contributed by atoms with Crippen molar-refractivity contribution in [3.8, 4) is 0 Å². The first-order chi connectivity index (χ1) is 8.47. The van der Waals surface area contributed by atoms with Crippen LogP contribution in [-0.2, 0) is 0 Å². The van der Waals surface area contributed by atoms with Gasteiger partial charge in [-0.25, -0.2) is 9.37 Å². The highest BCUT2D eigenvalue weighted by Crippen LogP contribution is 2.20. The Bertz CT molecular complexity index is 610. The summed E-state index contributed by atoms with van der Waals surface area (Å²) in [6.07, 6.45) is 0. The maximum absolute atomic E-state index is 13.5. The molecule has 0 fully saturated rings. The maximum atomic E-state index is 13.5. The SMILES string of the molecule is Cc1nc(C(=O)Nc2ccc(Cl)cc2F)c(C)o1. The summed E-state index contributed by atoms with van der Waals surface area (Å²) < 4.78 is 18.6. The lowest BCUT2D eigenvalue weighted by Crippen LogP contribution is -2.14. The summed E-state index contributed by atoms with van der Waals surface area (Å²) in [5.74, 6) is -0.354. The summed E-state index contributed by atoms with van der Waals surface area (Å²) in [7, 11) is 0. The van der Waals surface area contributed by atoms with E-state index in [1.165, 1.54) is 12.1 Å². The number of carbonyl (C=O) groups excluding carboxylic acids is 1.